The van der Waals surface area contributed by atoms with E-state index in [1.807, 2.05) is 6.92 Å². The highest BCUT2D eigenvalue weighted by Crippen LogP contribution is 2.30. The van der Waals surface area contributed by atoms with Crippen LogP contribution in [0, 0.1) is 40.5 Å². The fraction of sp³-hybridized carbons (Fsp3) is 0.300. The largest absolute Gasteiger partial charge is 0.394 e. The second-order valence-corrected chi connectivity index (χ2v) is 9.05. The highest BCUT2D eigenvalue weighted by Gasteiger charge is 2.23. The molecular weight excluding hydrogens is 590 g/mol. The summed E-state index contributed by atoms with van der Waals surface area (Å²) >= 11 is 0. The number of nitrogens with zero attached hydrogens (tertiary/aromatic N) is 7. The smallest absolute Gasteiger partial charge is 0.303 e. The summed E-state index contributed by atoms with van der Waals surface area (Å²) in [6, 6.07) is 6.18. The van der Waals surface area contributed by atoms with E-state index in [9.17, 15) is 40.5 Å². The number of benzene rings is 2. The van der Waals surface area contributed by atoms with Gasteiger partial charge in [0.05, 0.1) is 43.2 Å². The minimum atomic E-state index is -4.67. The van der Waals surface area contributed by atoms with Gasteiger partial charge in [0.2, 0.25) is 0 Å². The van der Waals surface area contributed by atoms with E-state index >= 15 is 0 Å². The van der Waals surface area contributed by atoms with Crippen molar-refractivity contribution in [3.05, 3.63) is 76.9 Å². The molecule has 21 nitrogen and oxygen atoms in total. The van der Waals surface area contributed by atoms with Crippen molar-refractivity contribution in [2.75, 3.05) is 30.5 Å². The third kappa shape index (κ3) is 10.1. The summed E-state index contributed by atoms with van der Waals surface area (Å²) in [5, 5.41) is 53.3. The van der Waals surface area contributed by atoms with Crippen molar-refractivity contribution >= 4 is 55.9 Å². The Kier molecular flexibility index (Phi) is 11.4. The highest BCUT2D eigenvalue weighted by molar-refractivity contribution is 7.79. The highest BCUT2D eigenvalue weighted by atomic mass is 32.3. The standard InChI is InChI=1S/C20H21N9O8.H2O4S/c1-2-25-9-7-15(21-23-17-5-3-13(26(30)31)11-19(17)28(34)35)16(8-10-25)22-24-18-6-4-14(27(32)33)12-20(18)29(36)37;1-5(2,3)4/h3-6,11-12,23-24H,2,7-10H2,1H3;(H2,1,2,3,4)/b21-15+,22-16?;. The van der Waals surface area contributed by atoms with Crippen LogP contribution in [-0.4, -0.2) is 73.2 Å². The lowest BCUT2D eigenvalue weighted by atomic mass is 10.1. The predicted molar refractivity (Wildman–Crippen MR) is 147 cm³/mol. The van der Waals surface area contributed by atoms with Gasteiger partial charge in [-0.3, -0.25) is 60.4 Å². The Bertz CT molecular complexity index is 1440. The third-order valence-electron chi connectivity index (χ3n) is 5.51. The number of non-ortho nitro benzene ring substituents is 2. The summed E-state index contributed by atoms with van der Waals surface area (Å²) in [6.07, 6.45) is 0.759. The molecule has 0 radical (unpaired) electrons. The first kappa shape index (κ1) is 33.0. The van der Waals surface area contributed by atoms with Gasteiger partial charge >= 0.3 is 21.8 Å². The van der Waals surface area contributed by atoms with Gasteiger partial charge in [-0.15, -0.1) is 0 Å². The van der Waals surface area contributed by atoms with E-state index in [1.165, 1.54) is 12.1 Å². The zero-order valence-electron chi connectivity index (χ0n) is 21.5. The molecule has 1 aliphatic rings. The van der Waals surface area contributed by atoms with Gasteiger partial charge in [0.25, 0.3) is 11.4 Å². The van der Waals surface area contributed by atoms with Crippen LogP contribution in [0.15, 0.2) is 46.6 Å². The Morgan fingerprint density at radius 3 is 1.40 bits per heavy atom. The van der Waals surface area contributed by atoms with Crippen molar-refractivity contribution < 1.29 is 37.2 Å². The lowest BCUT2D eigenvalue weighted by Crippen LogP contribution is -2.24. The number of anilines is 2. The molecule has 1 aliphatic heterocycles. The Labute approximate surface area is 235 Å². The van der Waals surface area contributed by atoms with Crippen LogP contribution in [0.3, 0.4) is 0 Å². The molecule has 226 valence electrons. The van der Waals surface area contributed by atoms with Crippen LogP contribution in [-0.2, 0) is 10.4 Å². The summed E-state index contributed by atoms with van der Waals surface area (Å²) in [4.78, 5) is 43.8. The van der Waals surface area contributed by atoms with E-state index < -0.39 is 52.8 Å². The third-order valence-corrected chi connectivity index (χ3v) is 5.51. The number of hydrogen-bond acceptors (Lipinski definition) is 15. The summed E-state index contributed by atoms with van der Waals surface area (Å²) in [5.41, 5.74) is 3.85. The summed E-state index contributed by atoms with van der Waals surface area (Å²) in [6.45, 7) is 3.89. The lowest BCUT2D eigenvalue weighted by molar-refractivity contribution is -0.393. The Morgan fingerprint density at radius 2 is 1.12 bits per heavy atom. The van der Waals surface area contributed by atoms with Crippen LogP contribution in [0.5, 0.6) is 0 Å². The molecule has 42 heavy (non-hydrogen) atoms. The van der Waals surface area contributed by atoms with Crippen molar-refractivity contribution in [3.8, 4) is 0 Å². The average Bonchev–Trinajstić information content (AvgIpc) is 3.10. The molecule has 2 aromatic carbocycles. The van der Waals surface area contributed by atoms with Crippen LogP contribution in [0.1, 0.15) is 19.8 Å². The lowest BCUT2D eigenvalue weighted by Gasteiger charge is -2.15. The molecule has 1 heterocycles. The average molecular weight is 614 g/mol. The maximum atomic E-state index is 11.4. The summed E-state index contributed by atoms with van der Waals surface area (Å²) < 4.78 is 31.6. The zero-order chi connectivity index (χ0) is 31.6. The molecule has 4 N–H and O–H groups in total. The second kappa shape index (κ2) is 14.4. The van der Waals surface area contributed by atoms with Gasteiger partial charge in [-0.1, -0.05) is 6.92 Å². The fourth-order valence-electron chi connectivity index (χ4n) is 3.50. The Balaban J connectivity index is 0.00000113. The SMILES string of the molecule is CCN1CCC(=NNc2ccc([N+](=O)[O-])cc2[N+](=O)[O-])/C(=N/Nc2ccc([N+](=O)[O-])cc2[N+](=O)[O-])CC1.O=S(=O)(O)O. The molecule has 0 atom stereocenters. The normalized spacial score (nSPS) is 15.7. The van der Waals surface area contributed by atoms with Gasteiger partial charge in [-0.25, -0.2) is 0 Å². The van der Waals surface area contributed by atoms with Crippen molar-refractivity contribution in [1.82, 2.24) is 4.90 Å². The molecular formula is C20H23N9O12S. The predicted octanol–water partition coefficient (Wildman–Crippen LogP) is 3.02. The van der Waals surface area contributed by atoms with Crippen molar-refractivity contribution in [3.63, 3.8) is 0 Å². The van der Waals surface area contributed by atoms with Gasteiger partial charge in [0.15, 0.2) is 0 Å². The molecule has 0 unspecified atom stereocenters. The van der Waals surface area contributed by atoms with Crippen molar-refractivity contribution in [2.45, 2.75) is 19.8 Å². The van der Waals surface area contributed by atoms with E-state index in [2.05, 4.69) is 26.0 Å². The van der Waals surface area contributed by atoms with Crippen molar-refractivity contribution in [2.24, 2.45) is 10.2 Å². The van der Waals surface area contributed by atoms with Crippen LogP contribution in [0.25, 0.3) is 0 Å². The van der Waals surface area contributed by atoms with Crippen molar-refractivity contribution in [1.29, 1.82) is 0 Å². The maximum absolute atomic E-state index is 11.4. The number of likely N-dealkylation sites (tertiary alicyclic amines) is 1. The zero-order valence-corrected chi connectivity index (χ0v) is 22.3. The minimum absolute atomic E-state index is 0.0713. The van der Waals surface area contributed by atoms with Gasteiger partial charge < -0.3 is 4.90 Å². The fourth-order valence-corrected chi connectivity index (χ4v) is 3.50. The number of hydrogen-bond donors (Lipinski definition) is 4. The quantitative estimate of drug-likeness (QED) is 0.179. The summed E-state index contributed by atoms with van der Waals surface area (Å²) in [5.74, 6) is 0. The number of nitro groups is 4. The number of nitro benzene ring substituents is 4. The monoisotopic (exact) mass is 613 g/mol. The molecule has 0 amide bonds. The Morgan fingerprint density at radius 1 is 0.762 bits per heavy atom. The molecule has 1 fully saturated rings. The van der Waals surface area contributed by atoms with E-state index in [0.29, 0.717) is 37.4 Å². The molecule has 3 rings (SSSR count). The number of nitrogens with one attached hydrogen (secondary N) is 2. The van der Waals surface area contributed by atoms with Crippen LogP contribution < -0.4 is 10.9 Å². The van der Waals surface area contributed by atoms with Crippen LogP contribution in [0.2, 0.25) is 0 Å². The van der Waals surface area contributed by atoms with E-state index in [-0.39, 0.29) is 11.4 Å². The first-order chi connectivity index (χ1) is 19.6. The maximum Gasteiger partial charge on any atom is 0.394 e. The summed E-state index contributed by atoms with van der Waals surface area (Å²) in [7, 11) is -4.67. The Hall–Kier alpha value is -5.19. The molecule has 0 aromatic heterocycles. The van der Waals surface area contributed by atoms with E-state index in [0.717, 1.165) is 30.8 Å². The molecule has 2 aromatic rings. The minimum Gasteiger partial charge on any atom is -0.303 e. The second-order valence-electron chi connectivity index (χ2n) is 8.15. The van der Waals surface area contributed by atoms with Crippen LogP contribution >= 0.6 is 0 Å². The van der Waals surface area contributed by atoms with E-state index in [1.54, 1.807) is 0 Å². The van der Waals surface area contributed by atoms with Gasteiger partial charge in [-0.05, 0) is 18.7 Å². The van der Waals surface area contributed by atoms with E-state index in [4.69, 9.17) is 17.5 Å². The topological polar surface area (TPSA) is 299 Å². The van der Waals surface area contributed by atoms with Gasteiger partial charge in [0, 0.05) is 38.1 Å². The number of hydrazone groups is 2. The molecule has 0 saturated carbocycles. The molecule has 1 saturated heterocycles. The molecule has 0 spiro atoms. The van der Waals surface area contributed by atoms with Crippen LogP contribution in [0.4, 0.5) is 34.1 Å². The first-order valence-electron chi connectivity index (χ1n) is 11.5. The molecule has 22 heteroatoms. The molecule has 0 bridgehead atoms. The molecule has 0 aliphatic carbocycles. The van der Waals surface area contributed by atoms with Gasteiger partial charge in [0.1, 0.15) is 11.4 Å². The number of rotatable bonds is 9. The first-order valence-corrected chi connectivity index (χ1v) is 12.9. The van der Waals surface area contributed by atoms with Gasteiger partial charge in [-0.2, -0.15) is 18.6 Å².